The summed E-state index contributed by atoms with van der Waals surface area (Å²) in [6.45, 7) is 9.89. The number of alkyl halides is 1. The number of halogens is 1. The molecule has 18 heavy (non-hydrogen) atoms. The van der Waals surface area contributed by atoms with Gasteiger partial charge in [0.1, 0.15) is 0 Å². The molecule has 0 saturated carbocycles. The summed E-state index contributed by atoms with van der Waals surface area (Å²) in [5.41, 5.74) is 2.91. The average Bonchev–Trinajstić information content (AvgIpc) is 2.51. The third kappa shape index (κ3) is 2.37. The van der Waals surface area contributed by atoms with Gasteiger partial charge < -0.3 is 9.47 Å². The summed E-state index contributed by atoms with van der Waals surface area (Å²) in [6, 6.07) is 4.29. The molecule has 2 rings (SSSR count). The van der Waals surface area contributed by atoms with Crippen LogP contribution in [0.2, 0.25) is 0 Å². The highest BCUT2D eigenvalue weighted by Crippen LogP contribution is 2.51. The molecule has 0 aliphatic heterocycles. The van der Waals surface area contributed by atoms with Crippen LogP contribution in [0.1, 0.15) is 50.1 Å². The van der Waals surface area contributed by atoms with Crippen LogP contribution >= 0.6 is 15.9 Å². The third-order valence-electron chi connectivity index (χ3n) is 3.47. The third-order valence-corrected chi connectivity index (χ3v) is 4.29. The van der Waals surface area contributed by atoms with E-state index in [-0.39, 0.29) is 5.41 Å². The maximum Gasteiger partial charge on any atom is 0.161 e. The molecule has 1 aromatic rings. The van der Waals surface area contributed by atoms with Crippen molar-refractivity contribution in [2.75, 3.05) is 13.2 Å². The zero-order valence-electron chi connectivity index (χ0n) is 11.5. The SMILES string of the molecule is CCOc1cc2c(cc1OCC)C(C)(C)CC2Br. The van der Waals surface area contributed by atoms with Gasteiger partial charge in [-0.1, -0.05) is 29.8 Å². The van der Waals surface area contributed by atoms with Gasteiger partial charge in [-0.3, -0.25) is 0 Å². The highest BCUT2D eigenvalue weighted by molar-refractivity contribution is 9.09. The van der Waals surface area contributed by atoms with E-state index in [4.69, 9.17) is 9.47 Å². The van der Waals surface area contributed by atoms with E-state index in [1.807, 2.05) is 13.8 Å². The topological polar surface area (TPSA) is 18.5 Å². The van der Waals surface area contributed by atoms with Crippen LogP contribution in [0.5, 0.6) is 11.5 Å². The zero-order chi connectivity index (χ0) is 13.3. The molecular formula is C15H21BrO2. The average molecular weight is 313 g/mol. The second kappa shape index (κ2) is 5.12. The van der Waals surface area contributed by atoms with Gasteiger partial charge in [-0.15, -0.1) is 0 Å². The molecule has 0 N–H and O–H groups in total. The first-order valence-corrected chi connectivity index (χ1v) is 7.49. The predicted molar refractivity (Wildman–Crippen MR) is 78.1 cm³/mol. The number of rotatable bonds is 4. The Labute approximate surface area is 118 Å². The van der Waals surface area contributed by atoms with E-state index in [1.165, 1.54) is 11.1 Å². The molecule has 1 unspecified atom stereocenters. The normalized spacial score (nSPS) is 20.6. The van der Waals surface area contributed by atoms with E-state index in [2.05, 4.69) is 41.9 Å². The Bertz CT molecular complexity index is 440. The van der Waals surface area contributed by atoms with E-state index in [9.17, 15) is 0 Å². The summed E-state index contributed by atoms with van der Waals surface area (Å²) in [5, 5.41) is 0. The summed E-state index contributed by atoms with van der Waals surface area (Å²) in [7, 11) is 0. The molecule has 0 heterocycles. The first-order chi connectivity index (χ1) is 8.49. The van der Waals surface area contributed by atoms with Gasteiger partial charge in [0.2, 0.25) is 0 Å². The Morgan fingerprint density at radius 3 is 2.28 bits per heavy atom. The van der Waals surface area contributed by atoms with E-state index in [0.717, 1.165) is 17.9 Å². The molecule has 3 heteroatoms. The number of hydrogen-bond donors (Lipinski definition) is 0. The smallest absolute Gasteiger partial charge is 0.161 e. The van der Waals surface area contributed by atoms with E-state index < -0.39 is 0 Å². The molecule has 0 spiro atoms. The van der Waals surface area contributed by atoms with Crippen molar-refractivity contribution in [3.8, 4) is 11.5 Å². The molecule has 1 aliphatic carbocycles. The lowest BCUT2D eigenvalue weighted by Gasteiger charge is -2.20. The fourth-order valence-electron chi connectivity index (χ4n) is 2.63. The highest BCUT2D eigenvalue weighted by atomic mass is 79.9. The molecule has 0 amide bonds. The van der Waals surface area contributed by atoms with Crippen LogP contribution in [0.15, 0.2) is 12.1 Å². The lowest BCUT2D eigenvalue weighted by Crippen LogP contribution is -2.12. The molecule has 1 atom stereocenters. The molecule has 1 aromatic carbocycles. The Hall–Kier alpha value is -0.700. The van der Waals surface area contributed by atoms with Gasteiger partial charge in [0, 0.05) is 4.83 Å². The minimum absolute atomic E-state index is 0.195. The summed E-state index contributed by atoms with van der Waals surface area (Å²) in [6.07, 6.45) is 1.11. The van der Waals surface area contributed by atoms with Crippen molar-refractivity contribution in [1.29, 1.82) is 0 Å². The zero-order valence-corrected chi connectivity index (χ0v) is 13.1. The number of hydrogen-bond acceptors (Lipinski definition) is 2. The van der Waals surface area contributed by atoms with Gasteiger partial charge in [-0.25, -0.2) is 0 Å². The van der Waals surface area contributed by atoms with Gasteiger partial charge >= 0.3 is 0 Å². The molecule has 1 aliphatic rings. The van der Waals surface area contributed by atoms with Gasteiger partial charge in [-0.05, 0) is 48.9 Å². The van der Waals surface area contributed by atoms with Crippen molar-refractivity contribution in [1.82, 2.24) is 0 Å². The van der Waals surface area contributed by atoms with Gasteiger partial charge in [0.25, 0.3) is 0 Å². The van der Waals surface area contributed by atoms with Gasteiger partial charge in [0.05, 0.1) is 13.2 Å². The largest absolute Gasteiger partial charge is 0.490 e. The van der Waals surface area contributed by atoms with Crippen molar-refractivity contribution in [3.63, 3.8) is 0 Å². The van der Waals surface area contributed by atoms with E-state index >= 15 is 0 Å². The molecule has 0 bridgehead atoms. The summed E-state index contributed by atoms with van der Waals surface area (Å²) >= 11 is 3.77. The number of benzene rings is 1. The molecule has 0 saturated heterocycles. The van der Waals surface area contributed by atoms with Crippen molar-refractivity contribution < 1.29 is 9.47 Å². The fraction of sp³-hybridized carbons (Fsp3) is 0.600. The maximum atomic E-state index is 5.70. The van der Waals surface area contributed by atoms with Crippen molar-refractivity contribution in [2.24, 2.45) is 0 Å². The fourth-order valence-corrected chi connectivity index (χ4v) is 3.81. The van der Waals surface area contributed by atoms with Gasteiger partial charge in [-0.2, -0.15) is 0 Å². The van der Waals surface area contributed by atoms with Crippen molar-refractivity contribution in [3.05, 3.63) is 23.3 Å². The molecule has 0 aromatic heterocycles. The van der Waals surface area contributed by atoms with Crippen molar-refractivity contribution in [2.45, 2.75) is 44.4 Å². The first kappa shape index (κ1) is 13.7. The van der Waals surface area contributed by atoms with E-state index in [1.54, 1.807) is 0 Å². The predicted octanol–water partition coefficient (Wildman–Crippen LogP) is 4.60. The van der Waals surface area contributed by atoms with Crippen LogP contribution in [0.25, 0.3) is 0 Å². The van der Waals surface area contributed by atoms with Crippen LogP contribution in [0.3, 0.4) is 0 Å². The Morgan fingerprint density at radius 2 is 1.72 bits per heavy atom. The van der Waals surface area contributed by atoms with Gasteiger partial charge in [0.15, 0.2) is 11.5 Å². The van der Waals surface area contributed by atoms with Crippen LogP contribution in [-0.4, -0.2) is 13.2 Å². The molecule has 0 fully saturated rings. The first-order valence-electron chi connectivity index (χ1n) is 6.57. The summed E-state index contributed by atoms with van der Waals surface area (Å²) in [5.74, 6) is 1.73. The Balaban J connectivity index is 2.50. The minimum atomic E-state index is 0.195. The number of fused-ring (bicyclic) bond motifs is 1. The minimum Gasteiger partial charge on any atom is -0.490 e. The Kier molecular flexibility index (Phi) is 3.90. The monoisotopic (exact) mass is 312 g/mol. The maximum absolute atomic E-state index is 5.70. The second-order valence-electron chi connectivity index (χ2n) is 5.31. The second-order valence-corrected chi connectivity index (χ2v) is 6.41. The molecule has 2 nitrogen and oxygen atoms in total. The van der Waals surface area contributed by atoms with Crippen LogP contribution in [0, 0.1) is 0 Å². The highest BCUT2D eigenvalue weighted by Gasteiger charge is 2.36. The summed E-state index contributed by atoms with van der Waals surface area (Å²) in [4.78, 5) is 0.414. The lowest BCUT2D eigenvalue weighted by molar-refractivity contribution is 0.287. The quantitative estimate of drug-likeness (QED) is 0.756. The van der Waals surface area contributed by atoms with Crippen LogP contribution < -0.4 is 9.47 Å². The molecule has 100 valence electrons. The van der Waals surface area contributed by atoms with E-state index in [0.29, 0.717) is 18.0 Å². The standard InChI is InChI=1S/C15H21BrO2/c1-5-17-13-7-10-11(8-14(13)18-6-2)15(3,4)9-12(10)16/h7-8,12H,5-6,9H2,1-4H3. The van der Waals surface area contributed by atoms with Crippen LogP contribution in [-0.2, 0) is 5.41 Å². The molecule has 0 radical (unpaired) electrons. The summed E-state index contributed by atoms with van der Waals surface area (Å²) < 4.78 is 11.4. The lowest BCUT2D eigenvalue weighted by atomic mass is 9.86. The molecular weight excluding hydrogens is 292 g/mol. The van der Waals surface area contributed by atoms with Crippen molar-refractivity contribution >= 4 is 15.9 Å². The Morgan fingerprint density at radius 1 is 1.17 bits per heavy atom. The number of ether oxygens (including phenoxy) is 2. The van der Waals surface area contributed by atoms with Crippen LogP contribution in [0.4, 0.5) is 0 Å².